The topological polar surface area (TPSA) is 20.3 Å². The van der Waals surface area contributed by atoms with Crippen LogP contribution in [0.15, 0.2) is 0 Å². The highest BCUT2D eigenvalue weighted by molar-refractivity contribution is 6.18. The van der Waals surface area contributed by atoms with Crippen molar-refractivity contribution in [3.63, 3.8) is 0 Å². The predicted molar refractivity (Wildman–Crippen MR) is 43.6 cm³/mol. The number of hydrogen-bond donors (Lipinski definition) is 0. The van der Waals surface area contributed by atoms with Gasteiger partial charge >= 0.3 is 0 Å². The Morgan fingerprint density at radius 3 is 2.50 bits per heavy atom. The minimum absolute atomic E-state index is 0.193. The lowest BCUT2D eigenvalue weighted by Gasteiger charge is -2.20. The van der Waals surface area contributed by atoms with Gasteiger partial charge in [-0.3, -0.25) is 4.79 Å². The number of amides is 1. The molecule has 72 valence electrons. The molecule has 0 aliphatic heterocycles. The SMILES string of the molecule is CCC(=O)N(CCCl)CC(F)F. The molecule has 0 aromatic rings. The van der Waals surface area contributed by atoms with Crippen molar-refractivity contribution in [2.45, 2.75) is 19.8 Å². The summed E-state index contributed by atoms with van der Waals surface area (Å²) >= 11 is 5.34. The van der Waals surface area contributed by atoms with Crippen LogP contribution in [0.4, 0.5) is 8.78 Å². The van der Waals surface area contributed by atoms with Crippen molar-refractivity contribution in [3.05, 3.63) is 0 Å². The quantitative estimate of drug-likeness (QED) is 0.618. The molecule has 0 atom stereocenters. The van der Waals surface area contributed by atoms with Crippen LogP contribution < -0.4 is 0 Å². The van der Waals surface area contributed by atoms with Gasteiger partial charge in [0.05, 0.1) is 6.54 Å². The highest BCUT2D eigenvalue weighted by Gasteiger charge is 2.15. The molecular weight excluding hydrogens is 188 g/mol. The van der Waals surface area contributed by atoms with Crippen LogP contribution in [0.5, 0.6) is 0 Å². The van der Waals surface area contributed by atoms with E-state index in [1.54, 1.807) is 6.92 Å². The minimum Gasteiger partial charge on any atom is -0.336 e. The Kier molecular flexibility index (Phi) is 5.98. The van der Waals surface area contributed by atoms with Crippen molar-refractivity contribution in [1.82, 2.24) is 4.90 Å². The fourth-order valence-electron chi connectivity index (χ4n) is 0.810. The first kappa shape index (κ1) is 11.6. The Bertz CT molecular complexity index is 143. The van der Waals surface area contributed by atoms with Gasteiger partial charge in [0.15, 0.2) is 0 Å². The van der Waals surface area contributed by atoms with E-state index in [9.17, 15) is 13.6 Å². The average molecular weight is 200 g/mol. The summed E-state index contributed by atoms with van der Waals surface area (Å²) in [5.74, 6) is -0.0886. The zero-order valence-electron chi connectivity index (χ0n) is 6.90. The van der Waals surface area contributed by atoms with E-state index in [0.717, 1.165) is 4.90 Å². The highest BCUT2D eigenvalue weighted by Crippen LogP contribution is 2.01. The van der Waals surface area contributed by atoms with Crippen molar-refractivity contribution < 1.29 is 13.6 Å². The molecule has 0 heterocycles. The second kappa shape index (κ2) is 6.17. The van der Waals surface area contributed by atoms with E-state index in [1.165, 1.54) is 0 Å². The molecule has 0 N–H and O–H groups in total. The molecule has 5 heteroatoms. The molecule has 0 aliphatic rings. The van der Waals surface area contributed by atoms with Gasteiger partial charge in [0.1, 0.15) is 0 Å². The van der Waals surface area contributed by atoms with Gasteiger partial charge in [-0.15, -0.1) is 11.6 Å². The number of carbonyl (C=O) groups is 1. The summed E-state index contributed by atoms with van der Waals surface area (Å²) in [5.41, 5.74) is 0. The van der Waals surface area contributed by atoms with Gasteiger partial charge in [-0.2, -0.15) is 0 Å². The molecule has 0 rings (SSSR count). The lowest BCUT2D eigenvalue weighted by atomic mass is 10.4. The van der Waals surface area contributed by atoms with Crippen molar-refractivity contribution >= 4 is 17.5 Å². The number of carbonyl (C=O) groups excluding carboxylic acids is 1. The molecule has 12 heavy (non-hydrogen) atoms. The summed E-state index contributed by atoms with van der Waals surface area (Å²) in [4.78, 5) is 12.1. The van der Waals surface area contributed by atoms with Crippen LogP contribution >= 0.6 is 11.6 Å². The normalized spacial score (nSPS) is 10.4. The smallest absolute Gasteiger partial charge is 0.255 e. The second-order valence-electron chi connectivity index (χ2n) is 2.27. The number of nitrogens with zero attached hydrogens (tertiary/aromatic N) is 1. The third-order valence-electron chi connectivity index (χ3n) is 1.37. The molecule has 0 bridgehead atoms. The molecule has 0 aromatic heterocycles. The van der Waals surface area contributed by atoms with Crippen molar-refractivity contribution in [1.29, 1.82) is 0 Å². The number of hydrogen-bond acceptors (Lipinski definition) is 1. The predicted octanol–water partition coefficient (Wildman–Crippen LogP) is 1.73. The Labute approximate surface area is 75.5 Å². The van der Waals surface area contributed by atoms with Crippen molar-refractivity contribution in [2.24, 2.45) is 0 Å². The van der Waals surface area contributed by atoms with Gasteiger partial charge in [0.25, 0.3) is 6.43 Å². The summed E-state index contributed by atoms with van der Waals surface area (Å²) in [7, 11) is 0. The van der Waals surface area contributed by atoms with Crippen molar-refractivity contribution in [2.75, 3.05) is 19.0 Å². The molecule has 0 unspecified atom stereocenters. The molecule has 1 amide bonds. The van der Waals surface area contributed by atoms with Gasteiger partial charge in [-0.25, -0.2) is 8.78 Å². The van der Waals surface area contributed by atoms with E-state index in [-0.39, 0.29) is 24.8 Å². The number of rotatable bonds is 5. The maximum absolute atomic E-state index is 11.9. The van der Waals surface area contributed by atoms with Gasteiger partial charge in [-0.05, 0) is 0 Å². The summed E-state index contributed by atoms with van der Waals surface area (Å²) in [5, 5.41) is 0. The van der Waals surface area contributed by atoms with E-state index in [4.69, 9.17) is 11.6 Å². The largest absolute Gasteiger partial charge is 0.336 e. The molecular formula is C7H12ClF2NO. The number of halogens is 3. The molecule has 0 saturated carbocycles. The molecule has 0 aliphatic carbocycles. The Balaban J connectivity index is 3.94. The lowest BCUT2D eigenvalue weighted by molar-refractivity contribution is -0.132. The standard InChI is InChI=1S/C7H12ClF2NO/c1-2-7(12)11(4-3-8)5-6(9)10/h6H,2-5H2,1H3. The second-order valence-corrected chi connectivity index (χ2v) is 2.65. The minimum atomic E-state index is -2.48. The zero-order valence-corrected chi connectivity index (χ0v) is 7.65. The maximum Gasteiger partial charge on any atom is 0.255 e. The molecule has 2 nitrogen and oxygen atoms in total. The first-order valence-electron chi connectivity index (χ1n) is 3.73. The molecule has 0 aromatic carbocycles. The molecule has 0 saturated heterocycles. The third-order valence-corrected chi connectivity index (χ3v) is 1.54. The van der Waals surface area contributed by atoms with Crippen LogP contribution in [0.25, 0.3) is 0 Å². The van der Waals surface area contributed by atoms with E-state index < -0.39 is 13.0 Å². The Hall–Kier alpha value is -0.380. The average Bonchev–Trinajstić information content (AvgIpc) is 2.01. The first-order valence-corrected chi connectivity index (χ1v) is 4.27. The van der Waals surface area contributed by atoms with Gasteiger partial charge < -0.3 is 4.90 Å². The Morgan fingerprint density at radius 1 is 1.58 bits per heavy atom. The summed E-state index contributed by atoms with van der Waals surface area (Å²) in [6.07, 6.45) is -2.24. The zero-order chi connectivity index (χ0) is 9.56. The van der Waals surface area contributed by atoms with Gasteiger partial charge in [0, 0.05) is 18.8 Å². The van der Waals surface area contributed by atoms with Crippen LogP contribution in [0.2, 0.25) is 0 Å². The third kappa shape index (κ3) is 4.49. The number of alkyl halides is 3. The van der Waals surface area contributed by atoms with E-state index >= 15 is 0 Å². The van der Waals surface area contributed by atoms with Crippen LogP contribution in [-0.4, -0.2) is 36.2 Å². The molecule has 0 radical (unpaired) electrons. The van der Waals surface area contributed by atoms with E-state index in [0.29, 0.717) is 0 Å². The first-order chi connectivity index (χ1) is 5.61. The van der Waals surface area contributed by atoms with Gasteiger partial charge in [-0.1, -0.05) is 6.92 Å². The van der Waals surface area contributed by atoms with Crippen LogP contribution in [0.1, 0.15) is 13.3 Å². The summed E-state index contributed by atoms with van der Waals surface area (Å²) < 4.78 is 23.7. The van der Waals surface area contributed by atoms with Crippen LogP contribution in [-0.2, 0) is 4.79 Å². The lowest BCUT2D eigenvalue weighted by Crippen LogP contribution is -2.36. The summed E-state index contributed by atoms with van der Waals surface area (Å²) in [6.45, 7) is 1.31. The van der Waals surface area contributed by atoms with Gasteiger partial charge in [0.2, 0.25) is 5.91 Å². The van der Waals surface area contributed by atoms with E-state index in [2.05, 4.69) is 0 Å². The molecule has 0 spiro atoms. The van der Waals surface area contributed by atoms with Crippen LogP contribution in [0.3, 0.4) is 0 Å². The van der Waals surface area contributed by atoms with Crippen LogP contribution in [0, 0.1) is 0 Å². The monoisotopic (exact) mass is 199 g/mol. The fraction of sp³-hybridized carbons (Fsp3) is 0.857. The van der Waals surface area contributed by atoms with E-state index in [1.807, 2.05) is 0 Å². The Morgan fingerprint density at radius 2 is 2.17 bits per heavy atom. The summed E-state index contributed by atoms with van der Waals surface area (Å²) in [6, 6.07) is 0. The van der Waals surface area contributed by atoms with Crippen molar-refractivity contribution in [3.8, 4) is 0 Å². The fourth-order valence-corrected chi connectivity index (χ4v) is 1.01. The maximum atomic E-state index is 11.9. The highest BCUT2D eigenvalue weighted by atomic mass is 35.5. The molecule has 0 fully saturated rings.